The second-order valence-corrected chi connectivity index (χ2v) is 7.35. The summed E-state index contributed by atoms with van der Waals surface area (Å²) in [6.07, 6.45) is 1.51. The fourth-order valence-corrected chi connectivity index (χ4v) is 4.17. The minimum absolute atomic E-state index is 0.0106. The van der Waals surface area contributed by atoms with Crippen molar-refractivity contribution in [2.24, 2.45) is 0 Å². The van der Waals surface area contributed by atoms with Crippen molar-refractivity contribution in [2.75, 3.05) is 7.05 Å². The Morgan fingerprint density at radius 2 is 2.44 bits per heavy atom. The zero-order valence-electron chi connectivity index (χ0n) is 8.55. The number of hydrogen-bond acceptors (Lipinski definition) is 3. The Bertz CT molecular complexity index is 423. The van der Waals surface area contributed by atoms with Crippen molar-refractivity contribution in [3.63, 3.8) is 0 Å². The van der Waals surface area contributed by atoms with Crippen molar-refractivity contribution in [3.05, 3.63) is 20.8 Å². The molecule has 0 bridgehead atoms. The van der Waals surface area contributed by atoms with Crippen molar-refractivity contribution < 1.29 is 9.00 Å². The molecule has 0 radical (unpaired) electrons. The molecule has 3 unspecified atom stereocenters. The number of halogens is 1. The molecular formula is C9H11BrN2O2S2. The second-order valence-electron chi connectivity index (χ2n) is 3.55. The van der Waals surface area contributed by atoms with Crippen molar-refractivity contribution in [1.29, 1.82) is 0 Å². The first-order chi connectivity index (χ1) is 7.61. The van der Waals surface area contributed by atoms with Crippen molar-refractivity contribution >= 4 is 44.7 Å². The smallest absolute Gasteiger partial charge is 0.170 e. The Morgan fingerprint density at radius 3 is 3.00 bits per heavy atom. The zero-order valence-corrected chi connectivity index (χ0v) is 11.8. The number of carbonyl (C=O) groups is 1. The number of aldehydes is 1. The third kappa shape index (κ3) is 2.43. The van der Waals surface area contributed by atoms with Gasteiger partial charge in [0, 0.05) is 11.9 Å². The lowest BCUT2D eigenvalue weighted by molar-refractivity contribution is -0.111. The minimum atomic E-state index is -1.29. The van der Waals surface area contributed by atoms with Gasteiger partial charge in [-0.3, -0.25) is 0 Å². The normalized spacial score (nSPS) is 31.5. The summed E-state index contributed by atoms with van der Waals surface area (Å²) in [5.41, 5.74) is 0. The Hall–Kier alpha value is -0.0800. The molecule has 1 aliphatic rings. The van der Waals surface area contributed by atoms with Gasteiger partial charge in [-0.1, -0.05) is 0 Å². The summed E-state index contributed by atoms with van der Waals surface area (Å²) in [7, 11) is 1.68. The maximum absolute atomic E-state index is 11.7. The van der Waals surface area contributed by atoms with E-state index in [4.69, 9.17) is 0 Å². The van der Waals surface area contributed by atoms with Gasteiger partial charge in [0.05, 0.1) is 15.9 Å². The fourth-order valence-electron chi connectivity index (χ4n) is 1.60. The molecule has 0 aliphatic carbocycles. The topological polar surface area (TPSA) is 49.4 Å². The maximum Gasteiger partial charge on any atom is 0.170 e. The van der Waals surface area contributed by atoms with Gasteiger partial charge in [-0.15, -0.1) is 11.3 Å². The molecule has 2 heterocycles. The molecular weight excluding hydrogens is 312 g/mol. The van der Waals surface area contributed by atoms with Gasteiger partial charge in [-0.25, -0.2) is 13.2 Å². The summed E-state index contributed by atoms with van der Waals surface area (Å²) in [5.74, 6) is 0. The lowest BCUT2D eigenvalue weighted by Crippen LogP contribution is -2.48. The van der Waals surface area contributed by atoms with E-state index in [2.05, 4.69) is 20.7 Å². The first kappa shape index (κ1) is 12.4. The van der Waals surface area contributed by atoms with E-state index in [0.29, 0.717) is 6.42 Å². The molecule has 1 aromatic heterocycles. The van der Waals surface area contributed by atoms with Gasteiger partial charge < -0.3 is 4.79 Å². The molecule has 88 valence electrons. The largest absolute Gasteiger partial charge is 0.302 e. The zero-order chi connectivity index (χ0) is 11.7. The van der Waals surface area contributed by atoms with Gasteiger partial charge in [0.1, 0.15) is 6.29 Å². The molecule has 0 saturated carbocycles. The van der Waals surface area contributed by atoms with Crippen LogP contribution in [0.25, 0.3) is 0 Å². The van der Waals surface area contributed by atoms with Crippen LogP contribution in [-0.2, 0) is 16.0 Å². The Morgan fingerprint density at radius 1 is 1.69 bits per heavy atom. The number of rotatable bonds is 2. The number of thiophene rings is 1. The van der Waals surface area contributed by atoms with Gasteiger partial charge in [0.25, 0.3) is 0 Å². The number of hydrogen-bond donors (Lipinski definition) is 1. The van der Waals surface area contributed by atoms with Crippen LogP contribution < -0.4 is 4.72 Å². The molecule has 0 amide bonds. The van der Waals surface area contributed by atoms with E-state index in [0.717, 1.165) is 14.9 Å². The summed E-state index contributed by atoms with van der Waals surface area (Å²) in [5, 5.41) is 0. The van der Waals surface area contributed by atoms with E-state index in [1.54, 1.807) is 22.7 Å². The van der Waals surface area contributed by atoms with E-state index in [-0.39, 0.29) is 12.1 Å². The van der Waals surface area contributed by atoms with Gasteiger partial charge in [-0.2, -0.15) is 0 Å². The highest BCUT2D eigenvalue weighted by molar-refractivity contribution is 9.11. The van der Waals surface area contributed by atoms with Crippen LogP contribution in [0, 0.1) is 0 Å². The first-order valence-corrected chi connectivity index (χ1v) is 7.45. The summed E-state index contributed by atoms with van der Waals surface area (Å²) < 4.78 is 17.3. The monoisotopic (exact) mass is 322 g/mol. The lowest BCUT2D eigenvalue weighted by atomic mass is 10.1. The average Bonchev–Trinajstić information content (AvgIpc) is 2.69. The van der Waals surface area contributed by atoms with Crippen molar-refractivity contribution in [2.45, 2.75) is 18.5 Å². The second kappa shape index (κ2) is 5.05. The van der Waals surface area contributed by atoms with E-state index in [9.17, 15) is 9.00 Å². The van der Waals surface area contributed by atoms with Gasteiger partial charge >= 0.3 is 0 Å². The van der Waals surface area contributed by atoms with Crippen LogP contribution in [0.15, 0.2) is 15.9 Å². The summed E-state index contributed by atoms with van der Waals surface area (Å²) in [6, 6.07) is 3.65. The fraction of sp³-hybridized carbons (Fsp3) is 0.444. The highest BCUT2D eigenvalue weighted by atomic mass is 79.9. The predicted octanol–water partition coefficient (Wildman–Crippen LogP) is 1.62. The molecule has 0 aromatic carbocycles. The molecule has 1 saturated heterocycles. The van der Waals surface area contributed by atoms with E-state index in [1.165, 1.54) is 0 Å². The molecule has 16 heavy (non-hydrogen) atoms. The average molecular weight is 323 g/mol. The third-order valence-electron chi connectivity index (χ3n) is 2.54. The van der Waals surface area contributed by atoms with Crippen LogP contribution in [0.5, 0.6) is 0 Å². The first-order valence-electron chi connectivity index (χ1n) is 4.73. The molecule has 1 fully saturated rings. The molecule has 1 aliphatic heterocycles. The summed E-state index contributed by atoms with van der Waals surface area (Å²) >= 11 is 3.70. The lowest BCUT2D eigenvalue weighted by Gasteiger charge is -2.32. The third-order valence-corrected chi connectivity index (χ3v) is 5.56. The van der Waals surface area contributed by atoms with Crippen LogP contribution in [0.3, 0.4) is 0 Å². The Kier molecular flexibility index (Phi) is 3.91. The van der Waals surface area contributed by atoms with Crippen molar-refractivity contribution in [3.8, 4) is 0 Å². The standard InChI is InChI=1S/C9H11BrN2O2S2/c1-12-6(5-13)4-7(11-16(12)14)8-2-3-9(10)15-8/h2-3,5-7,11H,4H2,1H3. The molecule has 2 rings (SSSR count). The summed E-state index contributed by atoms with van der Waals surface area (Å²) in [6.45, 7) is 0. The number of nitrogens with zero attached hydrogens (tertiary/aromatic N) is 1. The highest BCUT2D eigenvalue weighted by Crippen LogP contribution is 2.32. The van der Waals surface area contributed by atoms with Gasteiger partial charge in [-0.05, 0) is 34.5 Å². The molecule has 1 aromatic rings. The maximum atomic E-state index is 11.7. The minimum Gasteiger partial charge on any atom is -0.302 e. The summed E-state index contributed by atoms with van der Waals surface area (Å²) in [4.78, 5) is 12.0. The van der Waals surface area contributed by atoms with Gasteiger partial charge in [0.15, 0.2) is 11.2 Å². The van der Waals surface area contributed by atoms with E-state index >= 15 is 0 Å². The SMILES string of the molecule is CN1C(C=O)CC(c2ccc(Br)s2)NS1=O. The van der Waals surface area contributed by atoms with Gasteiger partial charge in [0.2, 0.25) is 0 Å². The molecule has 4 nitrogen and oxygen atoms in total. The Balaban J connectivity index is 2.18. The number of nitrogens with one attached hydrogen (secondary N) is 1. The Labute approximate surface area is 109 Å². The van der Waals surface area contributed by atoms with Crippen LogP contribution in [-0.4, -0.2) is 27.9 Å². The van der Waals surface area contributed by atoms with Crippen LogP contribution >= 0.6 is 27.3 Å². The number of likely N-dealkylation sites (N-methyl/N-ethyl adjacent to an activating group) is 1. The van der Waals surface area contributed by atoms with Crippen LogP contribution in [0.1, 0.15) is 17.3 Å². The molecule has 0 spiro atoms. The van der Waals surface area contributed by atoms with E-state index < -0.39 is 11.2 Å². The van der Waals surface area contributed by atoms with Crippen LogP contribution in [0.2, 0.25) is 0 Å². The quantitative estimate of drug-likeness (QED) is 0.841. The molecule has 1 N–H and O–H groups in total. The van der Waals surface area contributed by atoms with Crippen LogP contribution in [0.4, 0.5) is 0 Å². The number of carbonyl (C=O) groups excluding carboxylic acids is 1. The predicted molar refractivity (Wildman–Crippen MR) is 68.3 cm³/mol. The van der Waals surface area contributed by atoms with E-state index in [1.807, 2.05) is 12.1 Å². The molecule has 3 atom stereocenters. The highest BCUT2D eigenvalue weighted by Gasteiger charge is 2.32. The molecule has 7 heteroatoms. The van der Waals surface area contributed by atoms with Crippen molar-refractivity contribution in [1.82, 2.24) is 9.03 Å².